The Kier molecular flexibility index (Phi) is 2.84. The predicted octanol–water partition coefficient (Wildman–Crippen LogP) is 2.86. The van der Waals surface area contributed by atoms with E-state index in [2.05, 4.69) is 25.2 Å². The van der Waals surface area contributed by atoms with Crippen LogP contribution in [-0.2, 0) is 0 Å². The van der Waals surface area contributed by atoms with Gasteiger partial charge in [-0.25, -0.2) is 0 Å². The molecule has 58 valence electrons. The van der Waals surface area contributed by atoms with Gasteiger partial charge in [0.2, 0.25) is 0 Å². The third-order valence-corrected chi connectivity index (χ3v) is 1.85. The van der Waals surface area contributed by atoms with Gasteiger partial charge < -0.3 is 5.41 Å². The van der Waals surface area contributed by atoms with Crippen molar-refractivity contribution in [1.82, 2.24) is 0 Å². The van der Waals surface area contributed by atoms with Crippen molar-refractivity contribution in [2.75, 3.05) is 0 Å². The normalized spacial score (nSPS) is 21.2. The lowest BCUT2D eigenvalue weighted by molar-refractivity contribution is 0.997. The Morgan fingerprint density at radius 3 is 3.09 bits per heavy atom. The Labute approximate surface area is 67.6 Å². The van der Waals surface area contributed by atoms with Gasteiger partial charge in [-0.1, -0.05) is 18.2 Å². The van der Waals surface area contributed by atoms with Crippen LogP contribution in [-0.4, -0.2) is 6.21 Å². The van der Waals surface area contributed by atoms with E-state index in [0.29, 0.717) is 0 Å². The fourth-order valence-electron chi connectivity index (χ4n) is 1.17. The zero-order chi connectivity index (χ0) is 8.10. The molecule has 0 aromatic rings. The molecule has 1 N–H and O–H groups in total. The summed E-state index contributed by atoms with van der Waals surface area (Å²) in [4.78, 5) is 0. The Balaban J connectivity index is 2.82. The van der Waals surface area contributed by atoms with Gasteiger partial charge in [-0.3, -0.25) is 0 Å². The highest BCUT2D eigenvalue weighted by Gasteiger charge is 1.99. The summed E-state index contributed by atoms with van der Waals surface area (Å²) in [7, 11) is 0. The van der Waals surface area contributed by atoms with Gasteiger partial charge in [0.25, 0.3) is 0 Å². The smallest absolute Gasteiger partial charge is 0.0180 e. The molecule has 0 unspecified atom stereocenters. The molecule has 1 aliphatic rings. The fraction of sp³-hybridized carbons (Fsp3) is 0.300. The van der Waals surface area contributed by atoms with Crippen LogP contribution in [0.1, 0.15) is 19.8 Å². The van der Waals surface area contributed by atoms with Crippen LogP contribution >= 0.6 is 0 Å². The average molecular weight is 147 g/mol. The first-order valence-electron chi connectivity index (χ1n) is 3.88. The minimum absolute atomic E-state index is 1.06. The van der Waals surface area contributed by atoms with Crippen molar-refractivity contribution in [2.24, 2.45) is 0 Å². The standard InChI is InChI=1S/C10H13N/c1-9-5-3-2-4-6-10(9)7-8-11/h2-3,5,7-8,11H,4,6H2,1H3/b10-7+,11-8?. The molecule has 1 heteroatoms. The lowest BCUT2D eigenvalue weighted by Crippen LogP contribution is -1.84. The zero-order valence-electron chi connectivity index (χ0n) is 6.80. The average Bonchev–Trinajstić information content (AvgIpc) is 2.18. The maximum atomic E-state index is 6.95. The van der Waals surface area contributed by atoms with Crippen LogP contribution in [0.25, 0.3) is 0 Å². The van der Waals surface area contributed by atoms with Crippen LogP contribution in [0.4, 0.5) is 0 Å². The Morgan fingerprint density at radius 1 is 1.55 bits per heavy atom. The summed E-state index contributed by atoms with van der Waals surface area (Å²) < 4.78 is 0. The van der Waals surface area contributed by atoms with Crippen LogP contribution in [0.2, 0.25) is 0 Å². The second-order valence-electron chi connectivity index (χ2n) is 2.68. The van der Waals surface area contributed by atoms with E-state index in [-0.39, 0.29) is 0 Å². The first kappa shape index (κ1) is 7.99. The molecule has 0 bridgehead atoms. The van der Waals surface area contributed by atoms with Gasteiger partial charge in [0.05, 0.1) is 0 Å². The van der Waals surface area contributed by atoms with Crippen molar-refractivity contribution in [3.05, 3.63) is 35.5 Å². The molecule has 0 fully saturated rings. The van der Waals surface area contributed by atoms with Gasteiger partial charge >= 0.3 is 0 Å². The van der Waals surface area contributed by atoms with Gasteiger partial charge in [-0.2, -0.15) is 0 Å². The van der Waals surface area contributed by atoms with E-state index < -0.39 is 0 Å². The van der Waals surface area contributed by atoms with Crippen molar-refractivity contribution in [3.63, 3.8) is 0 Å². The number of allylic oxidation sites excluding steroid dienone is 6. The van der Waals surface area contributed by atoms with Crippen molar-refractivity contribution < 1.29 is 0 Å². The number of hydrogen-bond donors (Lipinski definition) is 1. The van der Waals surface area contributed by atoms with Gasteiger partial charge in [0.1, 0.15) is 0 Å². The summed E-state index contributed by atoms with van der Waals surface area (Å²) in [5.74, 6) is 0. The molecule has 0 saturated heterocycles. The highest BCUT2D eigenvalue weighted by Crippen LogP contribution is 2.18. The molecule has 0 aromatic heterocycles. The predicted molar refractivity (Wildman–Crippen MR) is 49.0 cm³/mol. The van der Waals surface area contributed by atoms with Crippen molar-refractivity contribution in [1.29, 1.82) is 5.41 Å². The third-order valence-electron chi connectivity index (χ3n) is 1.85. The molecule has 0 heterocycles. The molecular formula is C10H13N. The minimum atomic E-state index is 1.06. The van der Waals surface area contributed by atoms with E-state index in [1.165, 1.54) is 17.4 Å². The van der Waals surface area contributed by atoms with Crippen molar-refractivity contribution in [2.45, 2.75) is 19.8 Å². The molecule has 1 rings (SSSR count). The summed E-state index contributed by atoms with van der Waals surface area (Å²) in [6.45, 7) is 2.09. The topological polar surface area (TPSA) is 23.9 Å². The quantitative estimate of drug-likeness (QED) is 0.551. The van der Waals surface area contributed by atoms with E-state index in [0.717, 1.165) is 12.8 Å². The van der Waals surface area contributed by atoms with Crippen LogP contribution in [0, 0.1) is 5.41 Å². The summed E-state index contributed by atoms with van der Waals surface area (Å²) >= 11 is 0. The number of rotatable bonds is 1. The first-order valence-corrected chi connectivity index (χ1v) is 3.88. The molecule has 0 amide bonds. The number of nitrogens with one attached hydrogen (secondary N) is 1. The molecule has 0 spiro atoms. The van der Waals surface area contributed by atoms with Gasteiger partial charge in [0.15, 0.2) is 0 Å². The molecule has 0 saturated carbocycles. The molecule has 0 aliphatic heterocycles. The van der Waals surface area contributed by atoms with Crippen LogP contribution < -0.4 is 0 Å². The van der Waals surface area contributed by atoms with E-state index >= 15 is 0 Å². The maximum absolute atomic E-state index is 6.95. The molecular weight excluding hydrogens is 134 g/mol. The highest BCUT2D eigenvalue weighted by molar-refractivity contribution is 5.70. The van der Waals surface area contributed by atoms with E-state index in [1.807, 2.05) is 6.08 Å². The Hall–Kier alpha value is -1.11. The van der Waals surface area contributed by atoms with Crippen molar-refractivity contribution >= 4 is 6.21 Å². The maximum Gasteiger partial charge on any atom is 0.0180 e. The highest BCUT2D eigenvalue weighted by atomic mass is 14.3. The largest absolute Gasteiger partial charge is 0.309 e. The fourth-order valence-corrected chi connectivity index (χ4v) is 1.17. The van der Waals surface area contributed by atoms with Crippen LogP contribution in [0.5, 0.6) is 0 Å². The summed E-state index contributed by atoms with van der Waals surface area (Å²) in [6, 6.07) is 0. The monoisotopic (exact) mass is 147 g/mol. The molecule has 1 aliphatic carbocycles. The van der Waals surface area contributed by atoms with Gasteiger partial charge in [0, 0.05) is 6.21 Å². The van der Waals surface area contributed by atoms with Crippen molar-refractivity contribution in [3.8, 4) is 0 Å². The first-order chi connectivity index (χ1) is 5.34. The second kappa shape index (κ2) is 3.91. The van der Waals surface area contributed by atoms with E-state index in [1.54, 1.807) is 0 Å². The summed E-state index contributed by atoms with van der Waals surface area (Å²) in [6.07, 6.45) is 11.7. The Bertz CT molecular complexity index is 231. The SMILES string of the molecule is CC1=CC=CCC/C1=C\C=N. The van der Waals surface area contributed by atoms with Crippen LogP contribution in [0.15, 0.2) is 35.5 Å². The summed E-state index contributed by atoms with van der Waals surface area (Å²) in [5.41, 5.74) is 2.56. The van der Waals surface area contributed by atoms with E-state index in [4.69, 9.17) is 5.41 Å². The lowest BCUT2D eigenvalue weighted by Gasteiger charge is -2.01. The van der Waals surface area contributed by atoms with Crippen LogP contribution in [0.3, 0.4) is 0 Å². The second-order valence-corrected chi connectivity index (χ2v) is 2.68. The number of hydrogen-bond acceptors (Lipinski definition) is 1. The van der Waals surface area contributed by atoms with Gasteiger partial charge in [-0.15, -0.1) is 0 Å². The third kappa shape index (κ3) is 2.19. The zero-order valence-corrected chi connectivity index (χ0v) is 6.80. The summed E-state index contributed by atoms with van der Waals surface area (Å²) in [5, 5.41) is 6.95. The molecule has 1 nitrogen and oxygen atoms in total. The minimum Gasteiger partial charge on any atom is -0.309 e. The molecule has 0 aromatic carbocycles. The Morgan fingerprint density at radius 2 is 2.36 bits per heavy atom. The molecule has 0 atom stereocenters. The lowest BCUT2D eigenvalue weighted by atomic mass is 10.0. The molecule has 11 heavy (non-hydrogen) atoms. The van der Waals surface area contributed by atoms with Gasteiger partial charge in [-0.05, 0) is 37.0 Å². The molecule has 0 radical (unpaired) electrons. The van der Waals surface area contributed by atoms with E-state index in [9.17, 15) is 0 Å².